The predicted molar refractivity (Wildman–Crippen MR) is 74.7 cm³/mol. The third-order valence-electron chi connectivity index (χ3n) is 3.46. The van der Waals surface area contributed by atoms with Gasteiger partial charge in [0.2, 0.25) is 0 Å². The Balaban J connectivity index is 2.09. The van der Waals surface area contributed by atoms with E-state index in [0.29, 0.717) is 12.2 Å². The molecule has 0 saturated carbocycles. The average molecular weight is 244 g/mol. The molecule has 0 saturated heterocycles. The third-order valence-corrected chi connectivity index (χ3v) is 3.46. The van der Waals surface area contributed by atoms with Crippen molar-refractivity contribution in [2.75, 3.05) is 6.54 Å². The summed E-state index contributed by atoms with van der Waals surface area (Å²) in [5.74, 6) is -0.0345. The molecule has 0 aliphatic heterocycles. The minimum absolute atomic E-state index is 0.0345. The molecule has 0 fully saturated rings. The van der Waals surface area contributed by atoms with Gasteiger partial charge in [0.15, 0.2) is 0 Å². The first kappa shape index (κ1) is 12.7. The van der Waals surface area contributed by atoms with E-state index in [1.807, 2.05) is 30.3 Å². The van der Waals surface area contributed by atoms with Gasteiger partial charge in [-0.05, 0) is 24.0 Å². The fourth-order valence-electron chi connectivity index (χ4n) is 1.74. The molecule has 3 heteroatoms. The van der Waals surface area contributed by atoms with E-state index in [9.17, 15) is 4.79 Å². The van der Waals surface area contributed by atoms with E-state index in [-0.39, 0.29) is 11.3 Å². The van der Waals surface area contributed by atoms with Crippen molar-refractivity contribution in [2.24, 2.45) is 5.41 Å². The Morgan fingerprint density at radius 2 is 2.06 bits per heavy atom. The molecule has 0 unspecified atom stereocenters. The van der Waals surface area contributed by atoms with E-state index in [2.05, 4.69) is 31.1 Å². The van der Waals surface area contributed by atoms with Gasteiger partial charge in [-0.2, -0.15) is 0 Å². The van der Waals surface area contributed by atoms with Crippen molar-refractivity contribution in [2.45, 2.75) is 27.2 Å². The van der Waals surface area contributed by atoms with Gasteiger partial charge >= 0.3 is 0 Å². The summed E-state index contributed by atoms with van der Waals surface area (Å²) in [6, 6.07) is 9.79. The molecule has 1 amide bonds. The summed E-state index contributed by atoms with van der Waals surface area (Å²) in [7, 11) is 0. The lowest BCUT2D eigenvalue weighted by atomic mass is 9.90. The van der Waals surface area contributed by atoms with Crippen LogP contribution in [0.4, 0.5) is 0 Å². The largest absolute Gasteiger partial charge is 0.351 e. The van der Waals surface area contributed by atoms with Crippen molar-refractivity contribution in [1.82, 2.24) is 10.3 Å². The highest BCUT2D eigenvalue weighted by Gasteiger charge is 2.17. The Hall–Kier alpha value is -1.77. The quantitative estimate of drug-likeness (QED) is 0.851. The number of carbonyl (C=O) groups excluding carboxylic acids is 1. The summed E-state index contributed by atoms with van der Waals surface area (Å²) >= 11 is 0. The first-order valence-electron chi connectivity index (χ1n) is 6.38. The van der Waals surface area contributed by atoms with Gasteiger partial charge in [0.1, 0.15) is 5.69 Å². The van der Waals surface area contributed by atoms with E-state index in [4.69, 9.17) is 0 Å². The van der Waals surface area contributed by atoms with Crippen LogP contribution < -0.4 is 5.32 Å². The van der Waals surface area contributed by atoms with Gasteiger partial charge in [-0.3, -0.25) is 4.79 Å². The minimum atomic E-state index is -0.0345. The zero-order valence-corrected chi connectivity index (χ0v) is 11.2. The van der Waals surface area contributed by atoms with Crippen LogP contribution in [0.5, 0.6) is 0 Å². The molecule has 2 aromatic rings. The highest BCUT2D eigenvalue weighted by atomic mass is 16.1. The second-order valence-corrected chi connectivity index (χ2v) is 5.47. The van der Waals surface area contributed by atoms with Crippen LogP contribution in [-0.4, -0.2) is 17.4 Å². The van der Waals surface area contributed by atoms with Crippen LogP contribution in [0.2, 0.25) is 0 Å². The number of hydrogen-bond donors (Lipinski definition) is 2. The summed E-state index contributed by atoms with van der Waals surface area (Å²) in [6.45, 7) is 7.13. The van der Waals surface area contributed by atoms with Crippen LogP contribution in [0.15, 0.2) is 30.3 Å². The van der Waals surface area contributed by atoms with Crippen LogP contribution in [0.25, 0.3) is 10.9 Å². The van der Waals surface area contributed by atoms with Crippen molar-refractivity contribution < 1.29 is 4.79 Å². The summed E-state index contributed by atoms with van der Waals surface area (Å²) in [4.78, 5) is 15.2. The molecule has 0 radical (unpaired) electrons. The van der Waals surface area contributed by atoms with Gasteiger partial charge in [-0.25, -0.2) is 0 Å². The maximum atomic E-state index is 12.0. The second-order valence-electron chi connectivity index (χ2n) is 5.47. The van der Waals surface area contributed by atoms with Gasteiger partial charge in [-0.15, -0.1) is 0 Å². The fourth-order valence-corrected chi connectivity index (χ4v) is 1.74. The molecule has 0 bridgehead atoms. The van der Waals surface area contributed by atoms with Crippen LogP contribution in [0, 0.1) is 5.41 Å². The molecule has 1 heterocycles. The molecule has 2 rings (SSSR count). The Labute approximate surface area is 108 Å². The van der Waals surface area contributed by atoms with Crippen LogP contribution in [-0.2, 0) is 0 Å². The van der Waals surface area contributed by atoms with Crippen LogP contribution >= 0.6 is 0 Å². The summed E-state index contributed by atoms with van der Waals surface area (Å²) in [5.41, 5.74) is 1.77. The molecule has 96 valence electrons. The van der Waals surface area contributed by atoms with Gasteiger partial charge in [0.05, 0.1) is 0 Å². The Bertz CT molecular complexity index is 521. The van der Waals surface area contributed by atoms with Crippen molar-refractivity contribution in [3.05, 3.63) is 36.0 Å². The van der Waals surface area contributed by atoms with Gasteiger partial charge in [-0.1, -0.05) is 39.0 Å². The number of benzene rings is 1. The number of hydrogen-bond acceptors (Lipinski definition) is 1. The number of amides is 1. The predicted octanol–water partition coefficient (Wildman–Crippen LogP) is 3.33. The molecule has 0 spiro atoms. The highest BCUT2D eigenvalue weighted by Crippen LogP contribution is 2.18. The number of para-hydroxylation sites is 1. The first-order chi connectivity index (χ1) is 8.52. The summed E-state index contributed by atoms with van der Waals surface area (Å²) < 4.78 is 0. The van der Waals surface area contributed by atoms with Crippen molar-refractivity contribution in [3.63, 3.8) is 0 Å². The Morgan fingerprint density at radius 3 is 2.72 bits per heavy atom. The molecule has 0 aliphatic carbocycles. The van der Waals surface area contributed by atoms with Crippen molar-refractivity contribution in [3.8, 4) is 0 Å². The smallest absolute Gasteiger partial charge is 0.267 e. The number of fused-ring (bicyclic) bond motifs is 1. The molecule has 2 N–H and O–H groups in total. The van der Waals surface area contributed by atoms with E-state index in [1.54, 1.807) is 0 Å². The normalized spacial score (nSPS) is 11.7. The number of aromatic amines is 1. The van der Waals surface area contributed by atoms with Gasteiger partial charge < -0.3 is 10.3 Å². The van der Waals surface area contributed by atoms with Gasteiger partial charge in [0.25, 0.3) is 5.91 Å². The molecule has 18 heavy (non-hydrogen) atoms. The second kappa shape index (κ2) is 4.84. The molecular weight excluding hydrogens is 224 g/mol. The summed E-state index contributed by atoms with van der Waals surface area (Å²) in [5, 5.41) is 4.05. The number of aromatic nitrogens is 1. The topological polar surface area (TPSA) is 44.9 Å². The van der Waals surface area contributed by atoms with E-state index in [1.165, 1.54) is 0 Å². The maximum absolute atomic E-state index is 12.0. The van der Waals surface area contributed by atoms with Crippen molar-refractivity contribution >= 4 is 16.8 Å². The van der Waals surface area contributed by atoms with E-state index < -0.39 is 0 Å². The molecular formula is C15H20N2O. The monoisotopic (exact) mass is 244 g/mol. The number of carbonyl (C=O) groups is 1. The lowest BCUT2D eigenvalue weighted by Gasteiger charge is -2.22. The summed E-state index contributed by atoms with van der Waals surface area (Å²) in [6.07, 6.45) is 1.04. The van der Waals surface area contributed by atoms with Gasteiger partial charge in [0, 0.05) is 17.4 Å². The maximum Gasteiger partial charge on any atom is 0.267 e. The molecule has 3 nitrogen and oxygen atoms in total. The molecule has 0 atom stereocenters. The van der Waals surface area contributed by atoms with E-state index >= 15 is 0 Å². The highest BCUT2D eigenvalue weighted by molar-refractivity contribution is 5.97. The average Bonchev–Trinajstić information content (AvgIpc) is 2.80. The molecule has 1 aromatic carbocycles. The number of H-pyrrole nitrogens is 1. The zero-order chi connectivity index (χ0) is 13.2. The lowest BCUT2D eigenvalue weighted by molar-refractivity contribution is 0.0931. The van der Waals surface area contributed by atoms with Crippen LogP contribution in [0.3, 0.4) is 0 Å². The fraction of sp³-hybridized carbons (Fsp3) is 0.400. The van der Waals surface area contributed by atoms with E-state index in [0.717, 1.165) is 17.3 Å². The first-order valence-corrected chi connectivity index (χ1v) is 6.38. The lowest BCUT2D eigenvalue weighted by Crippen LogP contribution is -2.33. The number of rotatable bonds is 4. The standard InChI is InChI=1S/C15H20N2O/c1-4-15(2,3)10-16-14(18)13-9-11-7-5-6-8-12(11)17-13/h5-9,17H,4,10H2,1-3H3,(H,16,18). The minimum Gasteiger partial charge on any atom is -0.351 e. The Morgan fingerprint density at radius 1 is 1.33 bits per heavy atom. The number of nitrogens with one attached hydrogen (secondary N) is 2. The SMILES string of the molecule is CCC(C)(C)CNC(=O)c1cc2ccccc2[nH]1. The van der Waals surface area contributed by atoms with Crippen LogP contribution in [0.1, 0.15) is 37.7 Å². The third kappa shape index (κ3) is 2.73. The molecule has 1 aromatic heterocycles. The molecule has 0 aliphatic rings. The zero-order valence-electron chi connectivity index (χ0n) is 11.2. The Kier molecular flexibility index (Phi) is 3.41. The van der Waals surface area contributed by atoms with Crippen molar-refractivity contribution in [1.29, 1.82) is 0 Å².